The number of anilines is 1. The van der Waals surface area contributed by atoms with Gasteiger partial charge in [-0.25, -0.2) is 4.79 Å². The van der Waals surface area contributed by atoms with Crippen molar-refractivity contribution in [3.8, 4) is 5.75 Å². The zero-order valence-corrected chi connectivity index (χ0v) is 14.3. The highest BCUT2D eigenvalue weighted by Crippen LogP contribution is 2.31. The highest BCUT2D eigenvalue weighted by molar-refractivity contribution is 6.30. The first-order chi connectivity index (χ1) is 12.1. The fourth-order valence-electron chi connectivity index (χ4n) is 2.89. The first kappa shape index (κ1) is 17.1. The standard InChI is InChI=1S/C18H18ClN3O3/c1-25-15-5-3-2-4-13(15)14-10-20-17(23)16(14)22-18(24)21-12-8-6-11(19)7-9-12/h2-9,14,16H,10H2,1H3,(H,20,23)(H2,21,22,24)/t14-,16-/m1/s1. The minimum Gasteiger partial charge on any atom is -0.496 e. The van der Waals surface area contributed by atoms with Gasteiger partial charge in [-0.15, -0.1) is 0 Å². The van der Waals surface area contributed by atoms with Crippen molar-refractivity contribution in [3.05, 3.63) is 59.1 Å². The molecule has 0 aromatic heterocycles. The molecule has 1 aliphatic heterocycles. The lowest BCUT2D eigenvalue weighted by molar-refractivity contribution is -0.120. The molecule has 130 valence electrons. The number of rotatable bonds is 4. The Bertz CT molecular complexity index is 779. The number of carbonyl (C=O) groups excluding carboxylic acids is 2. The zero-order chi connectivity index (χ0) is 17.8. The summed E-state index contributed by atoms with van der Waals surface area (Å²) in [6.45, 7) is 0.436. The molecule has 1 fully saturated rings. The van der Waals surface area contributed by atoms with Crippen LogP contribution in [-0.2, 0) is 4.79 Å². The summed E-state index contributed by atoms with van der Waals surface area (Å²) < 4.78 is 5.37. The summed E-state index contributed by atoms with van der Waals surface area (Å²) in [5, 5.41) is 8.81. The molecule has 3 amide bonds. The first-order valence-electron chi connectivity index (χ1n) is 7.82. The molecule has 0 spiro atoms. The minimum atomic E-state index is -0.677. The Kier molecular flexibility index (Phi) is 5.09. The normalized spacial score (nSPS) is 19.2. The molecule has 0 aliphatic carbocycles. The third-order valence-corrected chi connectivity index (χ3v) is 4.36. The van der Waals surface area contributed by atoms with E-state index in [1.165, 1.54) is 0 Å². The number of methoxy groups -OCH3 is 1. The lowest BCUT2D eigenvalue weighted by Gasteiger charge is -2.20. The van der Waals surface area contributed by atoms with Crippen LogP contribution in [0.3, 0.4) is 0 Å². The maximum atomic E-state index is 12.3. The Hall–Kier alpha value is -2.73. The van der Waals surface area contributed by atoms with E-state index in [1.807, 2.05) is 24.3 Å². The van der Waals surface area contributed by atoms with Gasteiger partial charge in [0.25, 0.3) is 0 Å². The van der Waals surface area contributed by atoms with E-state index in [4.69, 9.17) is 16.3 Å². The Balaban J connectivity index is 1.73. The molecule has 3 N–H and O–H groups in total. The van der Waals surface area contributed by atoms with Crippen molar-refractivity contribution in [1.82, 2.24) is 10.6 Å². The van der Waals surface area contributed by atoms with E-state index in [1.54, 1.807) is 31.4 Å². The van der Waals surface area contributed by atoms with Gasteiger partial charge >= 0.3 is 6.03 Å². The summed E-state index contributed by atoms with van der Waals surface area (Å²) in [4.78, 5) is 24.4. The van der Waals surface area contributed by atoms with Crippen LogP contribution in [0.2, 0.25) is 5.02 Å². The summed E-state index contributed by atoms with van der Waals surface area (Å²) in [7, 11) is 1.58. The van der Waals surface area contributed by atoms with E-state index >= 15 is 0 Å². The van der Waals surface area contributed by atoms with Crippen LogP contribution in [-0.4, -0.2) is 31.6 Å². The van der Waals surface area contributed by atoms with E-state index in [2.05, 4.69) is 16.0 Å². The van der Waals surface area contributed by atoms with Crippen molar-refractivity contribution in [3.63, 3.8) is 0 Å². The van der Waals surface area contributed by atoms with Gasteiger partial charge < -0.3 is 20.7 Å². The summed E-state index contributed by atoms with van der Waals surface area (Å²) in [5.74, 6) is 0.260. The van der Waals surface area contributed by atoms with Crippen LogP contribution in [0.4, 0.5) is 10.5 Å². The fourth-order valence-corrected chi connectivity index (χ4v) is 3.02. The van der Waals surface area contributed by atoms with Gasteiger partial charge in [0, 0.05) is 28.7 Å². The third-order valence-electron chi connectivity index (χ3n) is 4.11. The molecule has 25 heavy (non-hydrogen) atoms. The quantitative estimate of drug-likeness (QED) is 0.785. The molecule has 3 rings (SSSR count). The smallest absolute Gasteiger partial charge is 0.319 e. The minimum absolute atomic E-state index is 0.209. The van der Waals surface area contributed by atoms with E-state index in [9.17, 15) is 9.59 Å². The van der Waals surface area contributed by atoms with Gasteiger partial charge in [0.2, 0.25) is 5.91 Å². The highest BCUT2D eigenvalue weighted by atomic mass is 35.5. The maximum Gasteiger partial charge on any atom is 0.319 e. The van der Waals surface area contributed by atoms with Crippen LogP contribution < -0.4 is 20.7 Å². The zero-order valence-electron chi connectivity index (χ0n) is 13.6. The Morgan fingerprint density at radius 1 is 1.20 bits per heavy atom. The molecule has 1 saturated heterocycles. The predicted molar refractivity (Wildman–Crippen MR) is 96.1 cm³/mol. The molecule has 0 radical (unpaired) electrons. The van der Waals surface area contributed by atoms with E-state index < -0.39 is 12.1 Å². The van der Waals surface area contributed by atoms with Gasteiger partial charge in [0.1, 0.15) is 11.8 Å². The van der Waals surface area contributed by atoms with Crippen molar-refractivity contribution in [2.24, 2.45) is 0 Å². The largest absolute Gasteiger partial charge is 0.496 e. The summed E-state index contributed by atoms with van der Waals surface area (Å²) in [6.07, 6.45) is 0. The lowest BCUT2D eigenvalue weighted by atomic mass is 9.93. The number of ether oxygens (including phenoxy) is 1. The number of hydrogen-bond donors (Lipinski definition) is 3. The summed E-state index contributed by atoms with van der Waals surface area (Å²) in [5.41, 5.74) is 1.47. The highest BCUT2D eigenvalue weighted by Gasteiger charge is 2.38. The van der Waals surface area contributed by atoms with Crippen LogP contribution in [0, 0.1) is 0 Å². The maximum absolute atomic E-state index is 12.3. The number of carbonyl (C=O) groups is 2. The van der Waals surface area contributed by atoms with Gasteiger partial charge in [0.15, 0.2) is 0 Å². The van der Waals surface area contributed by atoms with Crippen molar-refractivity contribution in [2.45, 2.75) is 12.0 Å². The Labute approximate surface area is 150 Å². The molecule has 2 aromatic carbocycles. The number of urea groups is 1. The number of nitrogens with one attached hydrogen (secondary N) is 3. The molecule has 6 nitrogen and oxygen atoms in total. The second-order valence-electron chi connectivity index (χ2n) is 5.68. The van der Waals surface area contributed by atoms with Gasteiger partial charge in [-0.1, -0.05) is 29.8 Å². The molecule has 2 aromatic rings. The Morgan fingerprint density at radius 2 is 1.92 bits per heavy atom. The molecule has 0 saturated carbocycles. The molecule has 1 aliphatic rings. The molecule has 1 heterocycles. The van der Waals surface area contributed by atoms with Gasteiger partial charge in [-0.05, 0) is 30.3 Å². The van der Waals surface area contributed by atoms with Gasteiger partial charge in [-0.2, -0.15) is 0 Å². The van der Waals surface area contributed by atoms with E-state index in [0.717, 1.165) is 5.56 Å². The number of amides is 3. The van der Waals surface area contributed by atoms with Crippen LogP contribution in [0.1, 0.15) is 11.5 Å². The number of benzene rings is 2. The second kappa shape index (κ2) is 7.44. The van der Waals surface area contributed by atoms with Crippen molar-refractivity contribution in [1.29, 1.82) is 0 Å². The van der Waals surface area contributed by atoms with Crippen LogP contribution in [0.15, 0.2) is 48.5 Å². The summed E-state index contributed by atoms with van der Waals surface area (Å²) >= 11 is 5.83. The van der Waals surface area contributed by atoms with Crippen LogP contribution in [0.5, 0.6) is 5.75 Å². The first-order valence-corrected chi connectivity index (χ1v) is 8.20. The lowest BCUT2D eigenvalue weighted by Crippen LogP contribution is -2.44. The third kappa shape index (κ3) is 3.85. The SMILES string of the molecule is COc1ccccc1[C@H]1CNC(=O)[C@@H]1NC(=O)Nc1ccc(Cl)cc1. The average molecular weight is 360 g/mol. The summed E-state index contributed by atoms with van der Waals surface area (Å²) in [6, 6.07) is 13.1. The fraction of sp³-hybridized carbons (Fsp3) is 0.222. The van der Waals surface area contributed by atoms with E-state index in [-0.39, 0.29) is 11.8 Å². The average Bonchev–Trinajstić information content (AvgIpc) is 2.97. The molecule has 2 atom stereocenters. The molecular weight excluding hydrogens is 342 g/mol. The monoisotopic (exact) mass is 359 g/mol. The number of hydrogen-bond acceptors (Lipinski definition) is 3. The molecule has 0 unspecified atom stereocenters. The Morgan fingerprint density at radius 3 is 2.64 bits per heavy atom. The van der Waals surface area contributed by atoms with Gasteiger partial charge in [0.05, 0.1) is 7.11 Å². The van der Waals surface area contributed by atoms with Crippen molar-refractivity contribution in [2.75, 3.05) is 19.0 Å². The van der Waals surface area contributed by atoms with Gasteiger partial charge in [-0.3, -0.25) is 4.79 Å². The molecular formula is C18H18ClN3O3. The van der Waals surface area contributed by atoms with E-state index in [0.29, 0.717) is 23.0 Å². The molecule has 0 bridgehead atoms. The number of halogens is 1. The van der Waals surface area contributed by atoms with Crippen molar-refractivity contribution < 1.29 is 14.3 Å². The second-order valence-corrected chi connectivity index (χ2v) is 6.11. The topological polar surface area (TPSA) is 79.5 Å². The van der Waals surface area contributed by atoms with Crippen LogP contribution >= 0.6 is 11.6 Å². The van der Waals surface area contributed by atoms with Crippen LogP contribution in [0.25, 0.3) is 0 Å². The molecule has 7 heteroatoms. The van der Waals surface area contributed by atoms with Crippen molar-refractivity contribution >= 4 is 29.2 Å². The predicted octanol–water partition coefficient (Wildman–Crippen LogP) is 2.75. The number of para-hydroxylation sites is 1.